The number of likely N-dealkylation sites (N-methyl/N-ethyl adjacent to an activating group) is 1. The molecule has 59 heavy (non-hydrogen) atoms. The van der Waals surface area contributed by atoms with Gasteiger partial charge in [0, 0.05) is 12.8 Å². The number of carbonyl (C=O) groups excluding carboxylic acids is 2. The molecule has 0 bridgehead atoms. The van der Waals surface area contributed by atoms with Gasteiger partial charge in [-0.05, 0) is 57.8 Å². The first-order chi connectivity index (χ1) is 28.4. The fourth-order valence-corrected chi connectivity index (χ4v) is 6.97. The topological polar surface area (TPSA) is 131 Å². The Hall–Kier alpha value is -2.07. The summed E-state index contributed by atoms with van der Waals surface area (Å²) in [6, 6.07) is 0. The fourth-order valence-electron chi connectivity index (χ4n) is 6.24. The second-order valence-corrected chi connectivity index (χ2v) is 18.3. The van der Waals surface area contributed by atoms with Crippen LogP contribution in [0.15, 0.2) is 48.6 Å². The number of rotatable bonds is 42. The molecule has 0 aliphatic carbocycles. The molecular weight excluding hydrogens is 766 g/mol. The van der Waals surface area contributed by atoms with Crippen molar-refractivity contribution in [3.8, 4) is 0 Å². The molecule has 0 amide bonds. The van der Waals surface area contributed by atoms with Crippen molar-refractivity contribution in [3.63, 3.8) is 0 Å². The molecular formula is C48H88NO9P. The minimum atomic E-state index is -4.65. The van der Waals surface area contributed by atoms with Crippen LogP contribution in [0.2, 0.25) is 0 Å². The molecule has 0 aliphatic heterocycles. The number of hydrogen-bond acceptors (Lipinski definition) is 9. The lowest BCUT2D eigenvalue weighted by atomic mass is 10.1. The number of ether oxygens (including phenoxy) is 2. The third-order valence-corrected chi connectivity index (χ3v) is 10.9. The second-order valence-electron chi connectivity index (χ2n) is 16.9. The zero-order valence-electron chi connectivity index (χ0n) is 38.3. The van der Waals surface area contributed by atoms with E-state index >= 15 is 0 Å². The number of esters is 2. The van der Waals surface area contributed by atoms with Gasteiger partial charge in [0.1, 0.15) is 19.8 Å². The molecule has 0 aliphatic rings. The van der Waals surface area contributed by atoms with Crippen molar-refractivity contribution in [1.82, 2.24) is 0 Å². The largest absolute Gasteiger partial charge is 0.756 e. The van der Waals surface area contributed by atoms with E-state index in [9.17, 15) is 24.2 Å². The first-order valence-electron chi connectivity index (χ1n) is 23.5. The number of phosphoric acid groups is 1. The van der Waals surface area contributed by atoms with E-state index in [1.807, 2.05) is 33.3 Å². The van der Waals surface area contributed by atoms with Gasteiger partial charge < -0.3 is 33.0 Å². The molecule has 0 saturated heterocycles. The second kappa shape index (κ2) is 40.0. The van der Waals surface area contributed by atoms with Crippen molar-refractivity contribution in [2.75, 3.05) is 47.5 Å². The lowest BCUT2D eigenvalue weighted by Gasteiger charge is -2.28. The summed E-state index contributed by atoms with van der Waals surface area (Å²) in [5, 5.41) is 10.2. The Morgan fingerprint density at radius 2 is 1.19 bits per heavy atom. The molecule has 0 fully saturated rings. The molecule has 0 aromatic carbocycles. The van der Waals surface area contributed by atoms with E-state index in [0.717, 1.165) is 57.8 Å². The quantitative estimate of drug-likeness (QED) is 0.0159. The maximum Gasteiger partial charge on any atom is 0.306 e. The number of phosphoric ester groups is 1. The van der Waals surface area contributed by atoms with E-state index < -0.39 is 38.6 Å². The molecule has 0 rings (SSSR count). The molecule has 0 radical (unpaired) electrons. The molecule has 10 nitrogen and oxygen atoms in total. The summed E-state index contributed by atoms with van der Waals surface area (Å²) in [5.74, 6) is -0.913. The van der Waals surface area contributed by atoms with Crippen LogP contribution in [0.5, 0.6) is 0 Å². The minimum absolute atomic E-state index is 0.0504. The first kappa shape index (κ1) is 56.9. The molecule has 0 aromatic heterocycles. The van der Waals surface area contributed by atoms with Crippen molar-refractivity contribution < 1.29 is 47.2 Å². The molecule has 344 valence electrons. The number of aliphatic hydroxyl groups excluding tert-OH is 1. The maximum absolute atomic E-state index is 12.7. The van der Waals surface area contributed by atoms with E-state index in [1.165, 1.54) is 83.5 Å². The number of quaternary nitrogens is 1. The first-order valence-corrected chi connectivity index (χ1v) is 24.9. The van der Waals surface area contributed by atoms with Gasteiger partial charge in [0.05, 0.1) is 33.9 Å². The van der Waals surface area contributed by atoms with Crippen LogP contribution in [0.25, 0.3) is 0 Å². The van der Waals surface area contributed by atoms with E-state index in [4.69, 9.17) is 18.5 Å². The third kappa shape index (κ3) is 43.8. The van der Waals surface area contributed by atoms with E-state index in [-0.39, 0.29) is 26.1 Å². The predicted octanol–water partition coefficient (Wildman–Crippen LogP) is 11.8. The van der Waals surface area contributed by atoms with E-state index in [1.54, 1.807) is 6.08 Å². The van der Waals surface area contributed by atoms with E-state index in [0.29, 0.717) is 30.3 Å². The maximum atomic E-state index is 12.7. The Morgan fingerprint density at radius 3 is 1.76 bits per heavy atom. The Kier molecular flexibility index (Phi) is 38.6. The fraction of sp³-hybridized carbons (Fsp3) is 0.792. The standard InChI is InChI=1S/C48H88NO9P/c1-6-8-10-12-14-15-16-17-18-19-20-21-22-23-24-25-27-31-35-39-47(51)55-43-46(44-57-59(53,54)56-42-41-49(3,4)5)58-48(52)40-36-32-28-30-34-38-45(50)37-33-29-26-13-11-9-7-2/h9,11,17-18,26,29,33,37,45-46,50H,6-8,10,12-16,19-25,27-28,30-32,34-36,38-44H2,1-5H3/b11-9+,18-17-,29-26+,37-33+/t45?,46-/m1/s1. The van der Waals surface area contributed by atoms with Crippen LogP contribution in [0, 0.1) is 0 Å². The number of aliphatic hydroxyl groups is 1. The molecule has 1 N–H and O–H groups in total. The van der Waals surface area contributed by atoms with Crippen molar-refractivity contribution >= 4 is 19.8 Å². The third-order valence-electron chi connectivity index (χ3n) is 9.94. The Balaban J connectivity index is 4.38. The average Bonchev–Trinajstić information content (AvgIpc) is 3.18. The highest BCUT2D eigenvalue weighted by Gasteiger charge is 2.21. The smallest absolute Gasteiger partial charge is 0.306 e. The Morgan fingerprint density at radius 1 is 0.644 bits per heavy atom. The Labute approximate surface area is 361 Å². The van der Waals surface area contributed by atoms with Crippen LogP contribution in [0.1, 0.15) is 187 Å². The minimum Gasteiger partial charge on any atom is -0.756 e. The van der Waals surface area contributed by atoms with Crippen LogP contribution in [0.4, 0.5) is 0 Å². The van der Waals surface area contributed by atoms with Crippen LogP contribution in [0.3, 0.4) is 0 Å². The summed E-state index contributed by atoms with van der Waals surface area (Å²) in [7, 11) is 1.10. The number of nitrogens with zero attached hydrogens (tertiary/aromatic N) is 1. The normalized spacial score (nSPS) is 14.5. The molecule has 0 spiro atoms. The van der Waals surface area contributed by atoms with Crippen LogP contribution >= 0.6 is 7.82 Å². The highest BCUT2D eigenvalue weighted by atomic mass is 31.2. The van der Waals surface area contributed by atoms with Gasteiger partial charge in [0.2, 0.25) is 0 Å². The van der Waals surface area contributed by atoms with Gasteiger partial charge in [0.15, 0.2) is 6.10 Å². The monoisotopic (exact) mass is 854 g/mol. The molecule has 11 heteroatoms. The van der Waals surface area contributed by atoms with Gasteiger partial charge in [0.25, 0.3) is 7.82 Å². The van der Waals surface area contributed by atoms with Crippen molar-refractivity contribution in [2.45, 2.75) is 199 Å². The Bertz CT molecular complexity index is 1160. The van der Waals surface area contributed by atoms with Gasteiger partial charge in [-0.3, -0.25) is 14.2 Å². The zero-order chi connectivity index (χ0) is 43.7. The molecule has 3 atom stereocenters. The number of allylic oxidation sites excluding steroid dienone is 7. The van der Waals surface area contributed by atoms with E-state index in [2.05, 4.69) is 44.2 Å². The summed E-state index contributed by atoms with van der Waals surface area (Å²) < 4.78 is 33.9. The van der Waals surface area contributed by atoms with Gasteiger partial charge in [-0.2, -0.15) is 0 Å². The van der Waals surface area contributed by atoms with Crippen molar-refractivity contribution in [2.24, 2.45) is 0 Å². The molecule has 2 unspecified atom stereocenters. The lowest BCUT2D eigenvalue weighted by molar-refractivity contribution is -0.870. The average molecular weight is 854 g/mol. The molecule has 0 saturated carbocycles. The van der Waals surface area contributed by atoms with Gasteiger partial charge in [-0.25, -0.2) is 0 Å². The highest BCUT2D eigenvalue weighted by Crippen LogP contribution is 2.38. The van der Waals surface area contributed by atoms with Crippen LogP contribution < -0.4 is 4.89 Å². The van der Waals surface area contributed by atoms with Crippen molar-refractivity contribution in [3.05, 3.63) is 48.6 Å². The van der Waals surface area contributed by atoms with Gasteiger partial charge in [-0.1, -0.05) is 165 Å². The summed E-state index contributed by atoms with van der Waals surface area (Å²) in [6.07, 6.45) is 43.0. The molecule has 0 aromatic rings. The van der Waals surface area contributed by atoms with Gasteiger partial charge >= 0.3 is 11.9 Å². The van der Waals surface area contributed by atoms with Crippen molar-refractivity contribution in [1.29, 1.82) is 0 Å². The summed E-state index contributed by atoms with van der Waals surface area (Å²) in [5.41, 5.74) is 0. The number of unbranched alkanes of at least 4 members (excludes halogenated alkanes) is 19. The summed E-state index contributed by atoms with van der Waals surface area (Å²) >= 11 is 0. The lowest BCUT2D eigenvalue weighted by Crippen LogP contribution is -2.37. The van der Waals surface area contributed by atoms with Crippen LogP contribution in [-0.2, 0) is 32.7 Å². The molecule has 0 heterocycles. The number of carbonyl (C=O) groups is 2. The van der Waals surface area contributed by atoms with Gasteiger partial charge in [-0.15, -0.1) is 0 Å². The summed E-state index contributed by atoms with van der Waals surface area (Å²) in [6.45, 7) is 3.98. The zero-order valence-corrected chi connectivity index (χ0v) is 39.2. The predicted molar refractivity (Wildman–Crippen MR) is 242 cm³/mol. The summed E-state index contributed by atoms with van der Waals surface area (Å²) in [4.78, 5) is 37.6. The highest BCUT2D eigenvalue weighted by molar-refractivity contribution is 7.45. The van der Waals surface area contributed by atoms with Crippen LogP contribution in [-0.4, -0.2) is 81.2 Å². The SMILES string of the molecule is CC/C=C/C/C=C/C=C/C(O)CCCCCCCC(=O)O[C@H](COC(=O)CCCCCCCCCCC/C=C\CCCCCCCC)COP(=O)([O-])OCC[N+](C)(C)C. The number of hydrogen-bond donors (Lipinski definition) is 1.